The van der Waals surface area contributed by atoms with Crippen molar-refractivity contribution >= 4 is 11.9 Å². The Kier molecular flexibility index (Phi) is 4.29. The number of urea groups is 1. The number of likely N-dealkylation sites (tertiary alicyclic amines) is 2. The monoisotopic (exact) mass is 269 g/mol. The molecule has 0 aromatic heterocycles. The number of hydrogen-bond donors (Lipinski definition) is 1. The second kappa shape index (κ2) is 5.77. The number of amides is 3. The van der Waals surface area contributed by atoms with E-state index in [1.165, 1.54) is 0 Å². The van der Waals surface area contributed by atoms with Gasteiger partial charge in [-0.2, -0.15) is 0 Å². The Labute approximate surface area is 114 Å². The summed E-state index contributed by atoms with van der Waals surface area (Å²) in [7, 11) is 3.48. The molecule has 1 N–H and O–H groups in total. The van der Waals surface area contributed by atoms with Crippen molar-refractivity contribution in [3.63, 3.8) is 0 Å². The molecule has 0 aromatic carbocycles. The number of aliphatic hydroxyl groups excluding tert-OH is 1. The number of piperidine rings is 1. The van der Waals surface area contributed by atoms with Crippen LogP contribution in [0.25, 0.3) is 0 Å². The Bertz CT molecular complexity index is 351. The lowest BCUT2D eigenvalue weighted by molar-refractivity contribution is -0.136. The molecule has 6 heteroatoms. The van der Waals surface area contributed by atoms with Crippen molar-refractivity contribution in [1.82, 2.24) is 14.7 Å². The summed E-state index contributed by atoms with van der Waals surface area (Å²) in [6.45, 7) is 2.42. The van der Waals surface area contributed by atoms with Gasteiger partial charge in [0.25, 0.3) is 0 Å². The molecule has 108 valence electrons. The summed E-state index contributed by atoms with van der Waals surface area (Å²) in [4.78, 5) is 29.2. The van der Waals surface area contributed by atoms with Crippen LogP contribution >= 0.6 is 0 Å². The van der Waals surface area contributed by atoms with Gasteiger partial charge in [0.05, 0.1) is 6.10 Å². The fourth-order valence-corrected chi connectivity index (χ4v) is 2.80. The van der Waals surface area contributed by atoms with Gasteiger partial charge in [-0.1, -0.05) is 0 Å². The zero-order valence-corrected chi connectivity index (χ0v) is 11.7. The molecule has 0 aromatic rings. The second-order valence-electron chi connectivity index (χ2n) is 5.67. The number of rotatable bonds is 1. The Balaban J connectivity index is 1.83. The molecule has 2 rings (SSSR count). The number of nitrogens with zero attached hydrogens (tertiary/aromatic N) is 3. The minimum atomic E-state index is -0.362. The number of aliphatic hydroxyl groups is 1. The van der Waals surface area contributed by atoms with Gasteiger partial charge < -0.3 is 19.8 Å². The summed E-state index contributed by atoms with van der Waals surface area (Å²) < 4.78 is 0. The molecule has 0 saturated carbocycles. The van der Waals surface area contributed by atoms with Crippen LogP contribution in [0.15, 0.2) is 0 Å². The highest BCUT2D eigenvalue weighted by molar-refractivity contribution is 5.80. The van der Waals surface area contributed by atoms with Crippen molar-refractivity contribution in [2.45, 2.75) is 25.4 Å². The Hall–Kier alpha value is -1.30. The average molecular weight is 269 g/mol. The maximum absolute atomic E-state index is 12.3. The summed E-state index contributed by atoms with van der Waals surface area (Å²) >= 11 is 0. The molecule has 2 fully saturated rings. The van der Waals surface area contributed by atoms with Crippen molar-refractivity contribution in [2.75, 3.05) is 40.3 Å². The lowest BCUT2D eigenvalue weighted by atomic mass is 9.95. The molecule has 2 saturated heterocycles. The van der Waals surface area contributed by atoms with E-state index in [4.69, 9.17) is 0 Å². The maximum atomic E-state index is 12.3. The largest absolute Gasteiger partial charge is 0.391 e. The first-order valence-electron chi connectivity index (χ1n) is 6.92. The lowest BCUT2D eigenvalue weighted by Crippen LogP contribution is -2.47. The van der Waals surface area contributed by atoms with Gasteiger partial charge in [0.1, 0.15) is 0 Å². The molecule has 19 heavy (non-hydrogen) atoms. The van der Waals surface area contributed by atoms with E-state index in [1.807, 2.05) is 0 Å². The normalized spacial score (nSPS) is 24.7. The zero-order chi connectivity index (χ0) is 14.0. The Morgan fingerprint density at radius 2 is 1.63 bits per heavy atom. The number of β-amino-alcohol motifs (C(OH)–C–C–N with tert-alkyl or cyclic N) is 1. The van der Waals surface area contributed by atoms with Gasteiger partial charge in [-0.05, 0) is 19.3 Å². The molecule has 0 unspecified atom stereocenters. The summed E-state index contributed by atoms with van der Waals surface area (Å²) in [6, 6.07) is 0.0162. The molecule has 2 heterocycles. The van der Waals surface area contributed by atoms with E-state index in [2.05, 4.69) is 0 Å². The lowest BCUT2D eigenvalue weighted by Gasteiger charge is -2.34. The third-order valence-corrected chi connectivity index (χ3v) is 3.97. The van der Waals surface area contributed by atoms with Crippen LogP contribution in [0.1, 0.15) is 19.3 Å². The topological polar surface area (TPSA) is 64.1 Å². The van der Waals surface area contributed by atoms with Crippen LogP contribution in [0.5, 0.6) is 0 Å². The fourth-order valence-electron chi connectivity index (χ4n) is 2.80. The first-order valence-corrected chi connectivity index (χ1v) is 6.92. The number of hydrogen-bond acceptors (Lipinski definition) is 3. The van der Waals surface area contributed by atoms with Crippen LogP contribution in [0.2, 0.25) is 0 Å². The molecule has 3 amide bonds. The highest BCUT2D eigenvalue weighted by Crippen LogP contribution is 2.22. The minimum absolute atomic E-state index is 0.0107. The quantitative estimate of drug-likeness (QED) is 0.727. The van der Waals surface area contributed by atoms with Crippen LogP contribution in [-0.4, -0.2) is 78.1 Å². The third kappa shape index (κ3) is 3.18. The van der Waals surface area contributed by atoms with E-state index >= 15 is 0 Å². The van der Waals surface area contributed by atoms with Gasteiger partial charge in [0.15, 0.2) is 0 Å². The fraction of sp³-hybridized carbons (Fsp3) is 0.846. The van der Waals surface area contributed by atoms with Crippen molar-refractivity contribution in [2.24, 2.45) is 5.92 Å². The second-order valence-corrected chi connectivity index (χ2v) is 5.67. The average Bonchev–Trinajstić information content (AvgIpc) is 2.84. The smallest absolute Gasteiger partial charge is 0.319 e. The summed E-state index contributed by atoms with van der Waals surface area (Å²) in [5.74, 6) is 0.157. The SMILES string of the molecule is CN(C)C(=O)N1CCC(C(=O)N2CC[C@H](O)C2)CC1. The van der Waals surface area contributed by atoms with Crippen LogP contribution in [0, 0.1) is 5.92 Å². The molecule has 1 atom stereocenters. The molecule has 2 aliphatic heterocycles. The van der Waals surface area contributed by atoms with Crippen LogP contribution in [0.4, 0.5) is 4.79 Å². The molecule has 6 nitrogen and oxygen atoms in total. The maximum Gasteiger partial charge on any atom is 0.319 e. The van der Waals surface area contributed by atoms with Crippen LogP contribution in [0.3, 0.4) is 0 Å². The van der Waals surface area contributed by atoms with Gasteiger partial charge in [0.2, 0.25) is 5.91 Å². The van der Waals surface area contributed by atoms with Gasteiger partial charge in [-0.25, -0.2) is 4.79 Å². The van der Waals surface area contributed by atoms with Crippen molar-refractivity contribution in [3.05, 3.63) is 0 Å². The zero-order valence-electron chi connectivity index (χ0n) is 11.7. The molecular formula is C13H23N3O3. The van der Waals surface area contributed by atoms with Crippen LogP contribution in [-0.2, 0) is 4.79 Å². The minimum Gasteiger partial charge on any atom is -0.391 e. The van der Waals surface area contributed by atoms with E-state index in [9.17, 15) is 14.7 Å². The highest BCUT2D eigenvalue weighted by atomic mass is 16.3. The third-order valence-electron chi connectivity index (χ3n) is 3.97. The molecule has 0 spiro atoms. The summed E-state index contributed by atoms with van der Waals surface area (Å²) in [5.41, 5.74) is 0. The molecule has 0 aliphatic carbocycles. The Morgan fingerprint density at radius 3 is 2.11 bits per heavy atom. The highest BCUT2D eigenvalue weighted by Gasteiger charge is 2.33. The predicted octanol–water partition coefficient (Wildman–Crippen LogP) is -0.0268. The van der Waals surface area contributed by atoms with Gasteiger partial charge >= 0.3 is 6.03 Å². The van der Waals surface area contributed by atoms with E-state index in [0.717, 1.165) is 12.8 Å². The van der Waals surface area contributed by atoms with E-state index in [0.29, 0.717) is 32.6 Å². The molecule has 2 aliphatic rings. The number of carbonyl (C=O) groups is 2. The predicted molar refractivity (Wildman–Crippen MR) is 70.6 cm³/mol. The van der Waals surface area contributed by atoms with E-state index in [1.54, 1.807) is 28.8 Å². The van der Waals surface area contributed by atoms with Gasteiger partial charge in [0, 0.05) is 46.2 Å². The molecular weight excluding hydrogens is 246 g/mol. The van der Waals surface area contributed by atoms with Crippen molar-refractivity contribution in [3.8, 4) is 0 Å². The van der Waals surface area contributed by atoms with E-state index < -0.39 is 0 Å². The van der Waals surface area contributed by atoms with Crippen LogP contribution < -0.4 is 0 Å². The standard InChI is InChI=1S/C13H23N3O3/c1-14(2)13(19)15-6-3-10(4-7-15)12(18)16-8-5-11(17)9-16/h10-11,17H,3-9H2,1-2H3/t11-/m0/s1. The van der Waals surface area contributed by atoms with Gasteiger partial charge in [-0.15, -0.1) is 0 Å². The van der Waals surface area contributed by atoms with E-state index in [-0.39, 0.29) is 24.0 Å². The van der Waals surface area contributed by atoms with Crippen molar-refractivity contribution in [1.29, 1.82) is 0 Å². The molecule has 0 bridgehead atoms. The number of carbonyl (C=O) groups excluding carboxylic acids is 2. The van der Waals surface area contributed by atoms with Crippen molar-refractivity contribution < 1.29 is 14.7 Å². The summed E-state index contributed by atoms with van der Waals surface area (Å²) in [5, 5.41) is 9.47. The molecule has 0 radical (unpaired) electrons. The summed E-state index contributed by atoms with van der Waals surface area (Å²) in [6.07, 6.45) is 1.78. The van der Waals surface area contributed by atoms with Gasteiger partial charge in [-0.3, -0.25) is 4.79 Å². The Morgan fingerprint density at radius 1 is 1.05 bits per heavy atom. The first-order chi connectivity index (χ1) is 8.99. The first kappa shape index (κ1) is 14.1.